The Morgan fingerprint density at radius 1 is 1.38 bits per heavy atom. The number of nitro groups is 1. The molecule has 5 nitrogen and oxygen atoms in total. The molecule has 0 amide bonds. The second-order valence-corrected chi connectivity index (χ2v) is 3.31. The summed E-state index contributed by atoms with van der Waals surface area (Å²) < 4.78 is 5.42. The van der Waals surface area contributed by atoms with Gasteiger partial charge in [-0.1, -0.05) is 6.92 Å². The number of nitro benzene ring substituents is 1. The third-order valence-electron chi connectivity index (χ3n) is 2.06. The largest absolute Gasteiger partial charge is 0.494 e. The third kappa shape index (κ3) is 4.27. The van der Waals surface area contributed by atoms with Gasteiger partial charge >= 0.3 is 0 Å². The van der Waals surface area contributed by atoms with Crippen molar-refractivity contribution >= 4 is 5.69 Å². The first-order valence-corrected chi connectivity index (χ1v) is 5.32. The standard InChI is InChI=1S/C11H16N2O3/c1-2-12-8-3-9-16-11-6-4-10(5-7-11)13(14)15/h4-7,12H,2-3,8-9H2,1H3. The highest BCUT2D eigenvalue weighted by Gasteiger charge is 2.03. The lowest BCUT2D eigenvalue weighted by atomic mass is 10.3. The molecule has 0 saturated heterocycles. The number of non-ortho nitro benzene ring substituents is 1. The van der Waals surface area contributed by atoms with Crippen LogP contribution in [0.15, 0.2) is 24.3 Å². The number of ether oxygens (including phenoxy) is 1. The van der Waals surface area contributed by atoms with Gasteiger partial charge in [0.2, 0.25) is 0 Å². The Labute approximate surface area is 94.6 Å². The lowest BCUT2D eigenvalue weighted by Gasteiger charge is -2.05. The second-order valence-electron chi connectivity index (χ2n) is 3.31. The molecule has 5 heteroatoms. The molecule has 88 valence electrons. The van der Waals surface area contributed by atoms with Gasteiger partial charge in [-0.05, 0) is 31.6 Å². The van der Waals surface area contributed by atoms with Crippen LogP contribution in [0.4, 0.5) is 5.69 Å². The fourth-order valence-corrected chi connectivity index (χ4v) is 1.23. The first-order chi connectivity index (χ1) is 7.74. The van der Waals surface area contributed by atoms with E-state index in [-0.39, 0.29) is 5.69 Å². The molecule has 0 aliphatic carbocycles. The van der Waals surface area contributed by atoms with Crippen LogP contribution in [0.1, 0.15) is 13.3 Å². The molecule has 0 unspecified atom stereocenters. The normalized spacial score (nSPS) is 10.1. The quantitative estimate of drug-likeness (QED) is 0.437. The van der Waals surface area contributed by atoms with Gasteiger partial charge < -0.3 is 10.1 Å². The van der Waals surface area contributed by atoms with Crippen molar-refractivity contribution in [2.75, 3.05) is 19.7 Å². The molecular formula is C11H16N2O3. The number of nitrogens with one attached hydrogen (secondary N) is 1. The van der Waals surface area contributed by atoms with Gasteiger partial charge in [-0.3, -0.25) is 10.1 Å². The Balaban J connectivity index is 2.29. The Bertz CT molecular complexity index is 325. The molecule has 0 heterocycles. The molecule has 1 aromatic rings. The number of hydrogen-bond acceptors (Lipinski definition) is 4. The van der Waals surface area contributed by atoms with E-state index in [0.29, 0.717) is 12.4 Å². The molecule has 0 atom stereocenters. The van der Waals surface area contributed by atoms with Crippen LogP contribution in [0, 0.1) is 10.1 Å². The molecular weight excluding hydrogens is 208 g/mol. The van der Waals surface area contributed by atoms with Crippen LogP contribution in [0.5, 0.6) is 5.75 Å². The van der Waals surface area contributed by atoms with Gasteiger partial charge in [0, 0.05) is 12.1 Å². The number of benzene rings is 1. The molecule has 0 aliphatic rings. The van der Waals surface area contributed by atoms with Crippen molar-refractivity contribution < 1.29 is 9.66 Å². The Hall–Kier alpha value is -1.62. The van der Waals surface area contributed by atoms with E-state index in [1.54, 1.807) is 12.1 Å². The zero-order valence-electron chi connectivity index (χ0n) is 9.31. The second kappa shape index (κ2) is 6.79. The van der Waals surface area contributed by atoms with Gasteiger partial charge in [0.05, 0.1) is 11.5 Å². The maximum absolute atomic E-state index is 10.4. The molecule has 16 heavy (non-hydrogen) atoms. The van der Waals surface area contributed by atoms with Crippen LogP contribution in [-0.2, 0) is 0 Å². The van der Waals surface area contributed by atoms with Crippen molar-refractivity contribution in [1.29, 1.82) is 0 Å². The summed E-state index contributed by atoms with van der Waals surface area (Å²) in [5, 5.41) is 13.6. The van der Waals surface area contributed by atoms with Crippen molar-refractivity contribution in [3.63, 3.8) is 0 Å². The maximum Gasteiger partial charge on any atom is 0.269 e. The van der Waals surface area contributed by atoms with Crippen molar-refractivity contribution in [2.24, 2.45) is 0 Å². The highest BCUT2D eigenvalue weighted by Crippen LogP contribution is 2.17. The van der Waals surface area contributed by atoms with E-state index in [4.69, 9.17) is 4.74 Å². The first-order valence-electron chi connectivity index (χ1n) is 5.32. The smallest absolute Gasteiger partial charge is 0.269 e. The Morgan fingerprint density at radius 3 is 2.62 bits per heavy atom. The molecule has 0 aromatic heterocycles. The summed E-state index contributed by atoms with van der Waals surface area (Å²) in [5.41, 5.74) is 0.0833. The van der Waals surface area contributed by atoms with Crippen molar-refractivity contribution in [2.45, 2.75) is 13.3 Å². The monoisotopic (exact) mass is 224 g/mol. The fourth-order valence-electron chi connectivity index (χ4n) is 1.23. The molecule has 0 spiro atoms. The van der Waals surface area contributed by atoms with Crippen LogP contribution in [0.3, 0.4) is 0 Å². The van der Waals surface area contributed by atoms with Crippen LogP contribution in [0.25, 0.3) is 0 Å². The average Bonchev–Trinajstić information content (AvgIpc) is 2.29. The van der Waals surface area contributed by atoms with Crippen LogP contribution < -0.4 is 10.1 Å². The summed E-state index contributed by atoms with van der Waals surface area (Å²) in [7, 11) is 0. The van der Waals surface area contributed by atoms with Crippen LogP contribution in [0.2, 0.25) is 0 Å². The SMILES string of the molecule is CCNCCCOc1ccc([N+](=O)[O-])cc1. The molecule has 1 rings (SSSR count). The van der Waals surface area contributed by atoms with E-state index < -0.39 is 4.92 Å². The molecule has 0 saturated carbocycles. The van der Waals surface area contributed by atoms with Crippen molar-refractivity contribution in [3.05, 3.63) is 34.4 Å². The predicted octanol–water partition coefficient (Wildman–Crippen LogP) is 1.97. The zero-order valence-corrected chi connectivity index (χ0v) is 9.31. The Kier molecular flexibility index (Phi) is 5.28. The summed E-state index contributed by atoms with van der Waals surface area (Å²) in [6, 6.07) is 6.12. The van der Waals surface area contributed by atoms with E-state index >= 15 is 0 Å². The van der Waals surface area contributed by atoms with Crippen molar-refractivity contribution in [1.82, 2.24) is 5.32 Å². The van der Waals surface area contributed by atoms with Gasteiger partial charge in [0.25, 0.3) is 5.69 Å². The lowest BCUT2D eigenvalue weighted by molar-refractivity contribution is -0.384. The molecule has 1 aromatic carbocycles. The van der Waals surface area contributed by atoms with Gasteiger partial charge in [-0.25, -0.2) is 0 Å². The highest BCUT2D eigenvalue weighted by atomic mass is 16.6. The lowest BCUT2D eigenvalue weighted by Crippen LogP contribution is -2.16. The highest BCUT2D eigenvalue weighted by molar-refractivity contribution is 5.35. The minimum Gasteiger partial charge on any atom is -0.494 e. The number of hydrogen-bond donors (Lipinski definition) is 1. The first kappa shape index (κ1) is 12.4. The minimum atomic E-state index is -0.422. The van der Waals surface area contributed by atoms with E-state index in [9.17, 15) is 10.1 Å². The summed E-state index contributed by atoms with van der Waals surface area (Å²) in [5.74, 6) is 0.669. The Morgan fingerprint density at radius 2 is 2.06 bits per heavy atom. The third-order valence-corrected chi connectivity index (χ3v) is 2.06. The maximum atomic E-state index is 10.4. The molecule has 1 N–H and O–H groups in total. The van der Waals surface area contributed by atoms with Crippen LogP contribution in [-0.4, -0.2) is 24.6 Å². The molecule has 0 fully saturated rings. The van der Waals surface area contributed by atoms with Crippen molar-refractivity contribution in [3.8, 4) is 5.75 Å². The summed E-state index contributed by atoms with van der Waals surface area (Å²) in [4.78, 5) is 9.98. The molecule has 0 bridgehead atoms. The average molecular weight is 224 g/mol. The van der Waals surface area contributed by atoms with Gasteiger partial charge in [0.1, 0.15) is 5.75 Å². The molecule has 0 aliphatic heterocycles. The summed E-state index contributed by atoms with van der Waals surface area (Å²) >= 11 is 0. The van der Waals surface area contributed by atoms with E-state index in [0.717, 1.165) is 19.5 Å². The predicted molar refractivity (Wildman–Crippen MR) is 61.8 cm³/mol. The summed E-state index contributed by atoms with van der Waals surface area (Å²) in [6.45, 7) is 4.54. The zero-order chi connectivity index (χ0) is 11.8. The van der Waals surface area contributed by atoms with E-state index in [2.05, 4.69) is 12.2 Å². The fraction of sp³-hybridized carbons (Fsp3) is 0.455. The van der Waals surface area contributed by atoms with E-state index in [1.165, 1.54) is 12.1 Å². The number of rotatable bonds is 7. The minimum absolute atomic E-state index is 0.0833. The van der Waals surface area contributed by atoms with Crippen LogP contribution >= 0.6 is 0 Å². The molecule has 0 radical (unpaired) electrons. The van der Waals surface area contributed by atoms with Gasteiger partial charge in [-0.2, -0.15) is 0 Å². The van der Waals surface area contributed by atoms with Gasteiger partial charge in [0.15, 0.2) is 0 Å². The number of nitrogens with zero attached hydrogens (tertiary/aromatic N) is 1. The topological polar surface area (TPSA) is 64.4 Å². The van der Waals surface area contributed by atoms with Gasteiger partial charge in [-0.15, -0.1) is 0 Å². The van der Waals surface area contributed by atoms with E-state index in [1.807, 2.05) is 0 Å². The summed E-state index contributed by atoms with van der Waals surface area (Å²) in [6.07, 6.45) is 0.921.